The number of nitrogens with one attached hydrogen (secondary N) is 1. The quantitative estimate of drug-likeness (QED) is 0.859. The fourth-order valence-electron chi connectivity index (χ4n) is 3.66. The minimum atomic E-state index is 0.0459. The van der Waals surface area contributed by atoms with Gasteiger partial charge in [0.25, 0.3) is 0 Å². The van der Waals surface area contributed by atoms with Crippen molar-refractivity contribution in [3.63, 3.8) is 0 Å². The van der Waals surface area contributed by atoms with Crippen LogP contribution in [0.3, 0.4) is 0 Å². The Balaban J connectivity index is 1.63. The molecule has 2 unspecified atom stereocenters. The monoisotopic (exact) mass is 313 g/mol. The van der Waals surface area contributed by atoms with Gasteiger partial charge in [-0.05, 0) is 50.2 Å². The first-order chi connectivity index (χ1) is 10.9. The predicted molar refractivity (Wildman–Crippen MR) is 94.5 cm³/mol. The first kappa shape index (κ1) is 16.0. The molecule has 1 aromatic rings. The van der Waals surface area contributed by atoms with Gasteiger partial charge in [-0.1, -0.05) is 25.5 Å². The van der Waals surface area contributed by atoms with E-state index in [0.29, 0.717) is 5.92 Å². The lowest BCUT2D eigenvalue weighted by atomic mass is 10.1. The van der Waals surface area contributed by atoms with Crippen LogP contribution >= 0.6 is 0 Å². The summed E-state index contributed by atoms with van der Waals surface area (Å²) in [4.78, 5) is 19.3. The van der Waals surface area contributed by atoms with Gasteiger partial charge in [0.1, 0.15) is 5.82 Å². The number of allylic oxidation sites excluding steroid dienone is 2. The van der Waals surface area contributed by atoms with Crippen LogP contribution in [0.25, 0.3) is 0 Å². The van der Waals surface area contributed by atoms with Crippen molar-refractivity contribution in [3.8, 4) is 0 Å². The number of pyridine rings is 1. The molecule has 2 aliphatic rings. The lowest BCUT2D eigenvalue weighted by Crippen LogP contribution is -2.20. The van der Waals surface area contributed by atoms with Crippen LogP contribution in [-0.4, -0.2) is 24.0 Å². The second kappa shape index (κ2) is 5.99. The standard InChI is InChI=1S/C19H27N3O/c1-13(2)11-15-17(19(15,3)4)18(23)21-14-7-8-16(20-12-14)22-9-5-6-10-22/h7-8,11-12,15,17H,5-6,9-10H2,1-4H3,(H,21,23). The highest BCUT2D eigenvalue weighted by Crippen LogP contribution is 2.59. The molecule has 4 nitrogen and oxygen atoms in total. The van der Waals surface area contributed by atoms with E-state index in [9.17, 15) is 4.79 Å². The third-order valence-electron chi connectivity index (χ3n) is 5.15. The summed E-state index contributed by atoms with van der Waals surface area (Å²) < 4.78 is 0. The van der Waals surface area contributed by atoms with E-state index in [1.165, 1.54) is 18.4 Å². The average Bonchev–Trinajstić information content (AvgIpc) is 2.88. The molecule has 3 rings (SSSR count). The van der Waals surface area contributed by atoms with Crippen molar-refractivity contribution in [2.24, 2.45) is 17.3 Å². The Hall–Kier alpha value is -1.84. The summed E-state index contributed by atoms with van der Waals surface area (Å²) in [6, 6.07) is 3.97. The molecular formula is C19H27N3O. The summed E-state index contributed by atoms with van der Waals surface area (Å²) in [6.45, 7) is 10.7. The summed E-state index contributed by atoms with van der Waals surface area (Å²) in [5, 5.41) is 3.03. The highest BCUT2D eigenvalue weighted by Gasteiger charge is 2.60. The molecule has 1 aromatic heterocycles. The van der Waals surface area contributed by atoms with Gasteiger partial charge >= 0.3 is 0 Å². The van der Waals surface area contributed by atoms with Crippen LogP contribution in [0.4, 0.5) is 11.5 Å². The minimum absolute atomic E-state index is 0.0459. The molecule has 1 aliphatic heterocycles. The summed E-state index contributed by atoms with van der Waals surface area (Å²) >= 11 is 0. The van der Waals surface area contributed by atoms with Crippen LogP contribution in [0.1, 0.15) is 40.5 Å². The van der Waals surface area contributed by atoms with Gasteiger partial charge in [-0.25, -0.2) is 4.98 Å². The zero-order valence-corrected chi connectivity index (χ0v) is 14.6. The number of hydrogen-bond donors (Lipinski definition) is 1. The second-order valence-corrected chi connectivity index (χ2v) is 7.66. The molecule has 0 spiro atoms. The normalized spacial score (nSPS) is 25.1. The Bertz CT molecular complexity index is 608. The maximum absolute atomic E-state index is 12.5. The zero-order chi connectivity index (χ0) is 16.6. The maximum Gasteiger partial charge on any atom is 0.228 e. The molecule has 2 atom stereocenters. The van der Waals surface area contributed by atoms with Gasteiger partial charge in [0.05, 0.1) is 17.8 Å². The first-order valence-corrected chi connectivity index (χ1v) is 8.56. The van der Waals surface area contributed by atoms with Gasteiger partial charge in [-0.3, -0.25) is 4.79 Å². The van der Waals surface area contributed by atoms with Gasteiger partial charge < -0.3 is 10.2 Å². The van der Waals surface area contributed by atoms with Gasteiger partial charge in [-0.15, -0.1) is 0 Å². The molecular weight excluding hydrogens is 286 g/mol. The lowest BCUT2D eigenvalue weighted by Gasteiger charge is -2.16. The Morgan fingerprint density at radius 3 is 2.57 bits per heavy atom. The number of carbonyl (C=O) groups is 1. The van der Waals surface area contributed by atoms with Crippen LogP contribution in [0.2, 0.25) is 0 Å². The van der Waals surface area contributed by atoms with Crippen LogP contribution in [-0.2, 0) is 4.79 Å². The van der Waals surface area contributed by atoms with Crippen molar-refractivity contribution in [1.82, 2.24) is 4.98 Å². The second-order valence-electron chi connectivity index (χ2n) is 7.66. The molecule has 2 heterocycles. The molecule has 4 heteroatoms. The van der Waals surface area contributed by atoms with Crippen molar-refractivity contribution < 1.29 is 4.79 Å². The van der Waals surface area contributed by atoms with Crippen molar-refractivity contribution in [2.45, 2.75) is 40.5 Å². The third kappa shape index (κ3) is 3.26. The average molecular weight is 313 g/mol. The van der Waals surface area contributed by atoms with E-state index in [1.807, 2.05) is 12.1 Å². The molecule has 0 radical (unpaired) electrons. The highest BCUT2D eigenvalue weighted by molar-refractivity contribution is 5.95. The molecule has 2 fully saturated rings. The molecule has 1 saturated carbocycles. The predicted octanol–water partition coefficient (Wildman–Crippen LogP) is 3.86. The summed E-state index contributed by atoms with van der Waals surface area (Å²) in [7, 11) is 0. The van der Waals surface area contributed by atoms with Gasteiger partial charge in [0, 0.05) is 13.1 Å². The van der Waals surface area contributed by atoms with E-state index in [0.717, 1.165) is 24.6 Å². The van der Waals surface area contributed by atoms with E-state index in [4.69, 9.17) is 0 Å². The smallest absolute Gasteiger partial charge is 0.228 e. The van der Waals surface area contributed by atoms with E-state index in [2.05, 4.69) is 49.0 Å². The van der Waals surface area contributed by atoms with Gasteiger partial charge in [0.15, 0.2) is 0 Å². The number of nitrogens with zero attached hydrogens (tertiary/aromatic N) is 2. The minimum Gasteiger partial charge on any atom is -0.357 e. The Kier molecular flexibility index (Phi) is 4.17. The molecule has 1 amide bonds. The molecule has 124 valence electrons. The first-order valence-electron chi connectivity index (χ1n) is 8.56. The SMILES string of the molecule is CC(C)=CC1C(C(=O)Nc2ccc(N3CCCC3)nc2)C1(C)C. The molecule has 1 aliphatic carbocycles. The highest BCUT2D eigenvalue weighted by atomic mass is 16.2. The maximum atomic E-state index is 12.5. The van der Waals surface area contributed by atoms with Gasteiger partial charge in [0.2, 0.25) is 5.91 Å². The number of amides is 1. The molecule has 1 saturated heterocycles. The lowest BCUT2D eigenvalue weighted by molar-refractivity contribution is -0.118. The number of rotatable bonds is 4. The Labute approximate surface area is 139 Å². The number of hydrogen-bond acceptors (Lipinski definition) is 3. The fourth-order valence-corrected chi connectivity index (χ4v) is 3.66. The summed E-state index contributed by atoms with van der Waals surface area (Å²) in [5.74, 6) is 1.50. The van der Waals surface area contributed by atoms with Crippen molar-refractivity contribution in [3.05, 3.63) is 30.0 Å². The van der Waals surface area contributed by atoms with Crippen LogP contribution < -0.4 is 10.2 Å². The number of carbonyl (C=O) groups excluding carboxylic acids is 1. The Morgan fingerprint density at radius 2 is 2.00 bits per heavy atom. The third-order valence-corrected chi connectivity index (χ3v) is 5.15. The molecule has 0 aromatic carbocycles. The van der Waals surface area contributed by atoms with Crippen molar-refractivity contribution >= 4 is 17.4 Å². The van der Waals surface area contributed by atoms with E-state index >= 15 is 0 Å². The molecule has 23 heavy (non-hydrogen) atoms. The zero-order valence-electron chi connectivity index (χ0n) is 14.6. The number of aromatic nitrogens is 1. The van der Waals surface area contributed by atoms with E-state index < -0.39 is 0 Å². The number of anilines is 2. The molecule has 1 N–H and O–H groups in total. The van der Waals surface area contributed by atoms with E-state index in [-0.39, 0.29) is 17.2 Å². The van der Waals surface area contributed by atoms with Gasteiger partial charge in [-0.2, -0.15) is 0 Å². The van der Waals surface area contributed by atoms with Crippen LogP contribution in [0.15, 0.2) is 30.0 Å². The topological polar surface area (TPSA) is 45.2 Å². The van der Waals surface area contributed by atoms with Crippen molar-refractivity contribution in [2.75, 3.05) is 23.3 Å². The summed E-state index contributed by atoms with van der Waals surface area (Å²) in [5.41, 5.74) is 2.11. The summed E-state index contributed by atoms with van der Waals surface area (Å²) in [6.07, 6.45) is 6.47. The van der Waals surface area contributed by atoms with E-state index in [1.54, 1.807) is 6.20 Å². The Morgan fingerprint density at radius 1 is 1.30 bits per heavy atom. The van der Waals surface area contributed by atoms with Crippen LogP contribution in [0, 0.1) is 17.3 Å². The van der Waals surface area contributed by atoms with Crippen LogP contribution in [0.5, 0.6) is 0 Å². The fraction of sp³-hybridized carbons (Fsp3) is 0.579. The molecule has 0 bridgehead atoms. The van der Waals surface area contributed by atoms with Crippen molar-refractivity contribution in [1.29, 1.82) is 0 Å². The largest absolute Gasteiger partial charge is 0.357 e.